The average molecular weight is 161 g/mol. The summed E-state index contributed by atoms with van der Waals surface area (Å²) < 4.78 is 0. The Kier molecular flexibility index (Phi) is 1.51. The topological polar surface area (TPSA) is 61.3 Å². The molecule has 0 amide bonds. The highest BCUT2D eigenvalue weighted by molar-refractivity contribution is 5.83. The molecule has 2 rings (SSSR count). The molecule has 0 fully saturated rings. The lowest BCUT2D eigenvalue weighted by molar-refractivity contribution is 0.321. The van der Waals surface area contributed by atoms with Crippen molar-refractivity contribution in [3.8, 4) is 0 Å². The number of H-pyrrole nitrogens is 1. The van der Waals surface area contributed by atoms with Crippen molar-refractivity contribution in [1.29, 1.82) is 0 Å². The molecule has 1 aromatic carbocycles. The number of fused-ring (bicyclic) bond motifs is 1. The molecule has 12 heavy (non-hydrogen) atoms. The highest BCUT2D eigenvalue weighted by atomic mass is 16.4. The minimum atomic E-state index is 0.554. The van der Waals surface area contributed by atoms with E-state index in [0.29, 0.717) is 5.82 Å². The average Bonchev–Trinajstić information content (AvgIpc) is 2.47. The third-order valence-corrected chi connectivity index (χ3v) is 1.59. The van der Waals surface area contributed by atoms with Gasteiger partial charge in [-0.15, -0.1) is 0 Å². The molecule has 0 bridgehead atoms. The van der Waals surface area contributed by atoms with Crippen LogP contribution < -0.4 is 0 Å². The number of hydrogen-bond donors (Lipinski definition) is 2. The summed E-state index contributed by atoms with van der Waals surface area (Å²) >= 11 is 0. The van der Waals surface area contributed by atoms with E-state index in [1.165, 1.54) is 6.21 Å². The van der Waals surface area contributed by atoms with Crippen LogP contribution in [0, 0.1) is 0 Å². The van der Waals surface area contributed by atoms with Gasteiger partial charge in [-0.1, -0.05) is 17.3 Å². The van der Waals surface area contributed by atoms with Gasteiger partial charge in [0.25, 0.3) is 0 Å². The maximum Gasteiger partial charge on any atom is 0.153 e. The molecule has 4 nitrogen and oxygen atoms in total. The summed E-state index contributed by atoms with van der Waals surface area (Å²) in [6, 6.07) is 7.63. The molecule has 0 spiro atoms. The van der Waals surface area contributed by atoms with Gasteiger partial charge < -0.3 is 10.2 Å². The second-order valence-corrected chi connectivity index (χ2v) is 2.38. The van der Waals surface area contributed by atoms with Gasteiger partial charge in [-0.2, -0.15) is 0 Å². The van der Waals surface area contributed by atoms with E-state index in [4.69, 9.17) is 5.21 Å². The fourth-order valence-corrected chi connectivity index (χ4v) is 1.09. The van der Waals surface area contributed by atoms with Gasteiger partial charge in [0.15, 0.2) is 5.82 Å². The van der Waals surface area contributed by atoms with Crippen molar-refractivity contribution in [2.45, 2.75) is 0 Å². The molecule has 0 unspecified atom stereocenters. The van der Waals surface area contributed by atoms with Crippen molar-refractivity contribution in [3.63, 3.8) is 0 Å². The van der Waals surface area contributed by atoms with Gasteiger partial charge in [0.1, 0.15) is 6.21 Å². The van der Waals surface area contributed by atoms with Crippen LogP contribution >= 0.6 is 0 Å². The van der Waals surface area contributed by atoms with Gasteiger partial charge >= 0.3 is 0 Å². The molecule has 0 saturated carbocycles. The van der Waals surface area contributed by atoms with Gasteiger partial charge in [0.2, 0.25) is 0 Å². The van der Waals surface area contributed by atoms with Crippen LogP contribution in [-0.4, -0.2) is 21.4 Å². The normalized spacial score (nSPS) is 11.3. The number of benzene rings is 1. The summed E-state index contributed by atoms with van der Waals surface area (Å²) in [7, 11) is 0. The molecule has 1 heterocycles. The first-order chi connectivity index (χ1) is 5.90. The van der Waals surface area contributed by atoms with E-state index in [0.717, 1.165) is 11.0 Å². The highest BCUT2D eigenvalue weighted by Crippen LogP contribution is 2.08. The molecule has 1 aromatic heterocycles. The van der Waals surface area contributed by atoms with Crippen LogP contribution in [0.2, 0.25) is 0 Å². The summed E-state index contributed by atoms with van der Waals surface area (Å²) in [5.74, 6) is 0.554. The van der Waals surface area contributed by atoms with Gasteiger partial charge in [0, 0.05) is 0 Å². The first kappa shape index (κ1) is 6.84. The van der Waals surface area contributed by atoms with Crippen molar-refractivity contribution in [1.82, 2.24) is 9.97 Å². The van der Waals surface area contributed by atoms with Crippen LogP contribution in [0.5, 0.6) is 0 Å². The van der Waals surface area contributed by atoms with Crippen molar-refractivity contribution in [2.24, 2.45) is 5.16 Å². The fraction of sp³-hybridized carbons (Fsp3) is 0. The number of imidazole rings is 1. The van der Waals surface area contributed by atoms with Crippen LogP contribution in [0.4, 0.5) is 0 Å². The lowest BCUT2D eigenvalue weighted by Gasteiger charge is -1.81. The first-order valence-electron chi connectivity index (χ1n) is 3.52. The number of nitrogens with one attached hydrogen (secondary N) is 1. The monoisotopic (exact) mass is 161 g/mol. The molecule has 0 saturated heterocycles. The number of aromatic nitrogens is 2. The number of para-hydroxylation sites is 2. The molecule has 0 atom stereocenters. The van der Waals surface area contributed by atoms with E-state index in [-0.39, 0.29) is 0 Å². The predicted octanol–water partition coefficient (Wildman–Crippen LogP) is 1.37. The standard InChI is InChI=1S/C8H7N3O/c12-9-5-8-10-6-3-1-2-4-7(6)11-8/h1-5,12H,(H,10,11)/b9-5-. The quantitative estimate of drug-likeness (QED) is 0.377. The smallest absolute Gasteiger partial charge is 0.153 e. The van der Waals surface area contributed by atoms with Crippen molar-refractivity contribution in [3.05, 3.63) is 30.1 Å². The molecule has 60 valence electrons. The van der Waals surface area contributed by atoms with Crippen molar-refractivity contribution in [2.75, 3.05) is 0 Å². The summed E-state index contributed by atoms with van der Waals surface area (Å²) in [6.45, 7) is 0. The third-order valence-electron chi connectivity index (χ3n) is 1.59. The largest absolute Gasteiger partial charge is 0.411 e. The van der Waals surface area contributed by atoms with E-state index in [9.17, 15) is 0 Å². The number of nitrogens with zero attached hydrogens (tertiary/aromatic N) is 2. The maximum atomic E-state index is 8.25. The van der Waals surface area contributed by atoms with E-state index in [2.05, 4.69) is 15.1 Å². The lowest BCUT2D eigenvalue weighted by Crippen LogP contribution is -1.81. The Labute approximate surface area is 68.6 Å². The molecule has 0 aliphatic heterocycles. The zero-order valence-electron chi connectivity index (χ0n) is 6.23. The summed E-state index contributed by atoms with van der Waals surface area (Å²) in [6.07, 6.45) is 1.26. The zero-order chi connectivity index (χ0) is 8.39. The molecule has 0 aliphatic rings. The van der Waals surface area contributed by atoms with Crippen LogP contribution in [0.3, 0.4) is 0 Å². The Balaban J connectivity index is 2.62. The highest BCUT2D eigenvalue weighted by Gasteiger charge is 1.97. The second-order valence-electron chi connectivity index (χ2n) is 2.38. The Bertz CT molecular complexity index is 386. The SMILES string of the molecule is O/N=C\c1nc2ccccc2[nH]1. The van der Waals surface area contributed by atoms with Crippen LogP contribution in [-0.2, 0) is 0 Å². The van der Waals surface area contributed by atoms with Gasteiger partial charge in [-0.3, -0.25) is 0 Å². The van der Waals surface area contributed by atoms with Crippen molar-refractivity contribution >= 4 is 17.2 Å². The molecule has 2 N–H and O–H groups in total. The van der Waals surface area contributed by atoms with E-state index >= 15 is 0 Å². The Morgan fingerprint density at radius 2 is 2.25 bits per heavy atom. The van der Waals surface area contributed by atoms with E-state index in [1.807, 2.05) is 24.3 Å². The van der Waals surface area contributed by atoms with E-state index < -0.39 is 0 Å². The van der Waals surface area contributed by atoms with Gasteiger partial charge in [-0.05, 0) is 12.1 Å². The maximum absolute atomic E-state index is 8.25. The minimum absolute atomic E-state index is 0.554. The first-order valence-corrected chi connectivity index (χ1v) is 3.52. The van der Waals surface area contributed by atoms with Gasteiger partial charge in [0.05, 0.1) is 11.0 Å². The molecule has 0 radical (unpaired) electrons. The number of aromatic amines is 1. The Morgan fingerprint density at radius 1 is 1.42 bits per heavy atom. The fourth-order valence-electron chi connectivity index (χ4n) is 1.09. The van der Waals surface area contributed by atoms with Crippen LogP contribution in [0.15, 0.2) is 29.4 Å². The Morgan fingerprint density at radius 3 is 3.00 bits per heavy atom. The summed E-state index contributed by atoms with van der Waals surface area (Å²) in [5, 5.41) is 11.1. The molecular weight excluding hydrogens is 154 g/mol. The molecule has 0 aliphatic carbocycles. The molecule has 4 heteroatoms. The van der Waals surface area contributed by atoms with Crippen LogP contribution in [0.1, 0.15) is 5.82 Å². The minimum Gasteiger partial charge on any atom is -0.411 e. The molecular formula is C8H7N3O. The number of hydrogen-bond acceptors (Lipinski definition) is 3. The van der Waals surface area contributed by atoms with Crippen molar-refractivity contribution < 1.29 is 5.21 Å². The van der Waals surface area contributed by atoms with E-state index in [1.54, 1.807) is 0 Å². The third kappa shape index (κ3) is 1.03. The second kappa shape index (κ2) is 2.65. The zero-order valence-corrected chi connectivity index (χ0v) is 6.23. The number of oxime groups is 1. The van der Waals surface area contributed by atoms with Gasteiger partial charge in [-0.25, -0.2) is 4.98 Å². The molecule has 2 aromatic rings. The lowest BCUT2D eigenvalue weighted by atomic mass is 10.3. The Hall–Kier alpha value is -1.84. The summed E-state index contributed by atoms with van der Waals surface area (Å²) in [5.41, 5.74) is 1.81. The summed E-state index contributed by atoms with van der Waals surface area (Å²) in [4.78, 5) is 7.11. The number of rotatable bonds is 1. The predicted molar refractivity (Wildman–Crippen MR) is 45.5 cm³/mol. The van der Waals surface area contributed by atoms with Crippen LogP contribution in [0.25, 0.3) is 11.0 Å².